The zero-order valence-electron chi connectivity index (χ0n) is 14.9. The van der Waals surface area contributed by atoms with Crippen LogP contribution >= 0.6 is 11.8 Å². The smallest absolute Gasteiger partial charge is 0.349 e. The summed E-state index contributed by atoms with van der Waals surface area (Å²) in [5.74, 6) is -2.01. The standard InChI is InChI=1S/C15H25NO7S2/c1-6-8-22-15(19)13(9-16(7-2)25(5,20)21)23-14(18)11(3)10-24-12(4)17/h6,11,13H,1,7-10H2,2-5H3/t11-,13+/m1/s1. The lowest BCUT2D eigenvalue weighted by Gasteiger charge is -2.24. The molecule has 0 radical (unpaired) electrons. The highest BCUT2D eigenvalue weighted by atomic mass is 32.2. The predicted octanol–water partition coefficient (Wildman–Crippen LogP) is 0.825. The van der Waals surface area contributed by atoms with Crippen LogP contribution in [0.5, 0.6) is 0 Å². The number of rotatable bonds is 11. The third-order valence-corrected chi connectivity index (χ3v) is 5.41. The number of hydrogen-bond donors (Lipinski definition) is 0. The van der Waals surface area contributed by atoms with Crippen molar-refractivity contribution in [1.29, 1.82) is 0 Å². The molecule has 0 aliphatic heterocycles. The first-order valence-electron chi connectivity index (χ1n) is 7.59. The monoisotopic (exact) mass is 395 g/mol. The van der Waals surface area contributed by atoms with Gasteiger partial charge in [0.1, 0.15) is 6.61 Å². The number of nitrogens with zero attached hydrogens (tertiary/aromatic N) is 1. The van der Waals surface area contributed by atoms with Crippen LogP contribution in [-0.2, 0) is 33.9 Å². The fourth-order valence-corrected chi connectivity index (χ4v) is 3.14. The predicted molar refractivity (Wildman–Crippen MR) is 95.4 cm³/mol. The van der Waals surface area contributed by atoms with Crippen LogP contribution in [0.15, 0.2) is 12.7 Å². The van der Waals surface area contributed by atoms with Crippen LogP contribution in [0.3, 0.4) is 0 Å². The molecule has 0 bridgehead atoms. The minimum atomic E-state index is -3.58. The first kappa shape index (κ1) is 23.6. The van der Waals surface area contributed by atoms with Gasteiger partial charge in [0, 0.05) is 19.2 Å². The number of ether oxygens (including phenoxy) is 2. The second-order valence-corrected chi connectivity index (χ2v) is 8.44. The van der Waals surface area contributed by atoms with Gasteiger partial charge in [0.2, 0.25) is 16.1 Å². The van der Waals surface area contributed by atoms with E-state index in [1.165, 1.54) is 13.0 Å². The Kier molecular flexibility index (Phi) is 10.6. The average Bonchev–Trinajstić information content (AvgIpc) is 2.52. The summed E-state index contributed by atoms with van der Waals surface area (Å²) >= 11 is 0.964. The minimum absolute atomic E-state index is 0.0897. The van der Waals surface area contributed by atoms with Gasteiger partial charge >= 0.3 is 11.9 Å². The maximum Gasteiger partial charge on any atom is 0.349 e. The molecule has 25 heavy (non-hydrogen) atoms. The zero-order chi connectivity index (χ0) is 19.6. The molecule has 144 valence electrons. The topological polar surface area (TPSA) is 107 Å². The molecular weight excluding hydrogens is 370 g/mol. The van der Waals surface area contributed by atoms with Crippen molar-refractivity contribution in [3.8, 4) is 0 Å². The molecular formula is C15H25NO7S2. The van der Waals surface area contributed by atoms with E-state index in [4.69, 9.17) is 9.47 Å². The van der Waals surface area contributed by atoms with Gasteiger partial charge in [0.05, 0.1) is 18.7 Å². The summed E-state index contributed by atoms with van der Waals surface area (Å²) in [7, 11) is -3.58. The molecule has 2 atom stereocenters. The van der Waals surface area contributed by atoms with Crippen LogP contribution in [0.25, 0.3) is 0 Å². The van der Waals surface area contributed by atoms with E-state index in [9.17, 15) is 22.8 Å². The summed E-state index contributed by atoms with van der Waals surface area (Å²) < 4.78 is 34.5. The highest BCUT2D eigenvalue weighted by Crippen LogP contribution is 2.13. The Morgan fingerprint density at radius 3 is 2.32 bits per heavy atom. The highest BCUT2D eigenvalue weighted by Gasteiger charge is 2.31. The summed E-state index contributed by atoms with van der Waals surface area (Å²) in [6, 6.07) is 0. The Bertz CT molecular complexity index is 589. The summed E-state index contributed by atoms with van der Waals surface area (Å²) in [5.41, 5.74) is 0. The van der Waals surface area contributed by atoms with Crippen molar-refractivity contribution >= 4 is 38.8 Å². The summed E-state index contributed by atoms with van der Waals surface area (Å²) in [4.78, 5) is 35.2. The van der Waals surface area contributed by atoms with Crippen molar-refractivity contribution in [2.45, 2.75) is 26.9 Å². The van der Waals surface area contributed by atoms with Gasteiger partial charge in [-0.15, -0.1) is 0 Å². The van der Waals surface area contributed by atoms with E-state index in [0.717, 1.165) is 22.3 Å². The van der Waals surface area contributed by atoms with E-state index < -0.39 is 34.0 Å². The molecule has 0 unspecified atom stereocenters. The van der Waals surface area contributed by atoms with Crippen molar-refractivity contribution in [3.05, 3.63) is 12.7 Å². The molecule has 0 aromatic rings. The van der Waals surface area contributed by atoms with E-state index in [0.29, 0.717) is 0 Å². The molecule has 0 heterocycles. The molecule has 0 amide bonds. The SMILES string of the molecule is C=CCOC(=O)[C@H](CN(CC)S(C)(=O)=O)OC(=O)[C@H](C)CSC(C)=O. The third-order valence-electron chi connectivity index (χ3n) is 2.99. The fraction of sp³-hybridized carbons (Fsp3) is 0.667. The highest BCUT2D eigenvalue weighted by molar-refractivity contribution is 8.13. The number of sulfonamides is 1. The molecule has 0 saturated carbocycles. The van der Waals surface area contributed by atoms with Crippen molar-refractivity contribution in [1.82, 2.24) is 4.31 Å². The maximum atomic E-state index is 12.1. The van der Waals surface area contributed by atoms with Gasteiger partial charge in [-0.2, -0.15) is 4.31 Å². The van der Waals surface area contributed by atoms with Crippen LogP contribution < -0.4 is 0 Å². The molecule has 0 saturated heterocycles. The van der Waals surface area contributed by atoms with Gasteiger partial charge in [-0.3, -0.25) is 9.59 Å². The van der Waals surface area contributed by atoms with Gasteiger partial charge in [-0.25, -0.2) is 13.2 Å². The first-order chi connectivity index (χ1) is 11.5. The maximum absolute atomic E-state index is 12.1. The van der Waals surface area contributed by atoms with Crippen LogP contribution in [0.2, 0.25) is 0 Å². The normalized spacial score (nSPS) is 13.8. The quantitative estimate of drug-likeness (QED) is 0.374. The second-order valence-electron chi connectivity index (χ2n) is 5.26. The van der Waals surface area contributed by atoms with Crippen molar-refractivity contribution in [3.63, 3.8) is 0 Å². The van der Waals surface area contributed by atoms with Crippen LogP contribution in [0.1, 0.15) is 20.8 Å². The lowest BCUT2D eigenvalue weighted by atomic mass is 10.2. The Morgan fingerprint density at radius 1 is 1.28 bits per heavy atom. The van der Waals surface area contributed by atoms with E-state index in [1.54, 1.807) is 13.8 Å². The number of carbonyl (C=O) groups is 3. The van der Waals surface area contributed by atoms with Crippen LogP contribution in [0, 0.1) is 5.92 Å². The molecule has 8 nitrogen and oxygen atoms in total. The Labute approximate surface area is 153 Å². The number of esters is 2. The molecule has 0 N–H and O–H groups in total. The third kappa shape index (κ3) is 9.61. The zero-order valence-corrected chi connectivity index (χ0v) is 16.5. The lowest BCUT2D eigenvalue weighted by Crippen LogP contribution is -2.43. The lowest BCUT2D eigenvalue weighted by molar-refractivity contribution is -0.169. The van der Waals surface area contributed by atoms with Crippen molar-refractivity contribution < 1.29 is 32.3 Å². The Morgan fingerprint density at radius 2 is 1.88 bits per heavy atom. The van der Waals surface area contributed by atoms with Gasteiger partial charge < -0.3 is 9.47 Å². The molecule has 0 aliphatic rings. The van der Waals surface area contributed by atoms with E-state index in [-0.39, 0.29) is 30.6 Å². The molecule has 0 spiro atoms. The van der Waals surface area contributed by atoms with E-state index in [1.807, 2.05) is 0 Å². The summed E-state index contributed by atoms with van der Waals surface area (Å²) in [6.45, 7) is 7.62. The largest absolute Gasteiger partial charge is 0.459 e. The Hall–Kier alpha value is -1.39. The van der Waals surface area contributed by atoms with Crippen LogP contribution in [-0.4, -0.2) is 67.6 Å². The molecule has 0 rings (SSSR count). The number of likely N-dealkylation sites (N-methyl/N-ethyl adjacent to an activating group) is 1. The number of thioether (sulfide) groups is 1. The summed E-state index contributed by atoms with van der Waals surface area (Å²) in [6.07, 6.45) is 0.945. The fourth-order valence-electron chi connectivity index (χ4n) is 1.64. The van der Waals surface area contributed by atoms with Gasteiger partial charge in [0.25, 0.3) is 0 Å². The van der Waals surface area contributed by atoms with Crippen molar-refractivity contribution in [2.75, 3.05) is 31.7 Å². The molecule has 0 aromatic carbocycles. The Balaban J connectivity index is 5.11. The first-order valence-corrected chi connectivity index (χ1v) is 10.4. The van der Waals surface area contributed by atoms with Crippen LogP contribution in [0.4, 0.5) is 0 Å². The summed E-state index contributed by atoms with van der Waals surface area (Å²) in [5, 5.41) is -0.143. The molecule has 0 aromatic heterocycles. The number of hydrogen-bond acceptors (Lipinski definition) is 8. The average molecular weight is 395 g/mol. The minimum Gasteiger partial charge on any atom is -0.459 e. The van der Waals surface area contributed by atoms with Gasteiger partial charge in [-0.05, 0) is 0 Å². The molecule has 10 heteroatoms. The number of carbonyl (C=O) groups excluding carboxylic acids is 3. The van der Waals surface area contributed by atoms with E-state index >= 15 is 0 Å². The van der Waals surface area contributed by atoms with Gasteiger partial charge in [0.15, 0.2) is 5.12 Å². The molecule has 0 aliphatic carbocycles. The second kappa shape index (κ2) is 11.3. The molecule has 0 fully saturated rings. The van der Waals surface area contributed by atoms with Crippen molar-refractivity contribution in [2.24, 2.45) is 5.92 Å². The van der Waals surface area contributed by atoms with Gasteiger partial charge in [-0.1, -0.05) is 38.3 Å². The van der Waals surface area contributed by atoms with E-state index in [2.05, 4.69) is 6.58 Å².